The normalized spacial score (nSPS) is 27.1. The van der Waals surface area contributed by atoms with E-state index in [2.05, 4.69) is 6.92 Å². The number of aliphatic carboxylic acids is 1. The fourth-order valence-electron chi connectivity index (χ4n) is 1.12. The van der Waals surface area contributed by atoms with Gasteiger partial charge in [0.05, 0.1) is 0 Å². The summed E-state index contributed by atoms with van der Waals surface area (Å²) in [7, 11) is 0. The molecule has 0 saturated carbocycles. The highest BCUT2D eigenvalue weighted by molar-refractivity contribution is 8.00. The molecule has 66 valence electrons. The van der Waals surface area contributed by atoms with Crippen LogP contribution < -0.4 is 0 Å². The summed E-state index contributed by atoms with van der Waals surface area (Å²) in [6, 6.07) is 0. The SMILES string of the molecule is CC1C/C(=C/C=C/C(=O)O)CS1. The monoisotopic (exact) mass is 184 g/mol. The zero-order valence-electron chi connectivity index (χ0n) is 6.99. The van der Waals surface area contributed by atoms with Crippen LogP contribution in [-0.2, 0) is 4.79 Å². The van der Waals surface area contributed by atoms with E-state index in [1.165, 1.54) is 11.6 Å². The molecule has 3 heteroatoms. The van der Waals surface area contributed by atoms with E-state index in [0.717, 1.165) is 12.2 Å². The van der Waals surface area contributed by atoms with Crippen LogP contribution in [0.3, 0.4) is 0 Å². The number of hydrogen-bond acceptors (Lipinski definition) is 2. The first-order valence-corrected chi connectivity index (χ1v) is 4.94. The van der Waals surface area contributed by atoms with Crippen molar-refractivity contribution in [3.8, 4) is 0 Å². The van der Waals surface area contributed by atoms with Crippen LogP contribution in [0.15, 0.2) is 23.8 Å². The number of rotatable bonds is 2. The van der Waals surface area contributed by atoms with Gasteiger partial charge in [0.15, 0.2) is 0 Å². The van der Waals surface area contributed by atoms with Crippen molar-refractivity contribution in [1.82, 2.24) is 0 Å². The maximum absolute atomic E-state index is 10.1. The van der Waals surface area contributed by atoms with E-state index in [0.29, 0.717) is 5.25 Å². The minimum Gasteiger partial charge on any atom is -0.478 e. The number of allylic oxidation sites excluding steroid dienone is 2. The first kappa shape index (κ1) is 9.39. The van der Waals surface area contributed by atoms with Crippen LogP contribution in [0, 0.1) is 0 Å². The predicted molar refractivity (Wildman–Crippen MR) is 51.4 cm³/mol. The van der Waals surface area contributed by atoms with E-state index >= 15 is 0 Å². The molecule has 0 aromatic rings. The van der Waals surface area contributed by atoms with Gasteiger partial charge in [-0.1, -0.05) is 24.6 Å². The highest BCUT2D eigenvalue weighted by Gasteiger charge is 2.13. The van der Waals surface area contributed by atoms with Crippen molar-refractivity contribution in [2.45, 2.75) is 18.6 Å². The van der Waals surface area contributed by atoms with E-state index in [1.54, 1.807) is 6.08 Å². The molecule has 1 aliphatic heterocycles. The largest absolute Gasteiger partial charge is 0.478 e. The molecule has 1 heterocycles. The predicted octanol–water partition coefficient (Wildman–Crippen LogP) is 2.08. The second-order valence-corrected chi connectivity index (χ2v) is 4.27. The summed E-state index contributed by atoms with van der Waals surface area (Å²) in [6.07, 6.45) is 5.77. The smallest absolute Gasteiger partial charge is 0.328 e. The van der Waals surface area contributed by atoms with Gasteiger partial charge in [0.2, 0.25) is 0 Å². The topological polar surface area (TPSA) is 37.3 Å². The molecule has 1 aliphatic rings. The molecule has 12 heavy (non-hydrogen) atoms. The van der Waals surface area contributed by atoms with Crippen LogP contribution in [0.5, 0.6) is 0 Å². The molecule has 0 radical (unpaired) electrons. The van der Waals surface area contributed by atoms with Gasteiger partial charge in [-0.2, -0.15) is 11.8 Å². The van der Waals surface area contributed by atoms with Crippen molar-refractivity contribution < 1.29 is 9.90 Å². The molecule has 0 amide bonds. The molecule has 0 aromatic carbocycles. The summed E-state index contributed by atoms with van der Waals surface area (Å²) in [5.74, 6) is 0.163. The first-order chi connectivity index (χ1) is 5.68. The van der Waals surface area contributed by atoms with Crippen LogP contribution in [0.4, 0.5) is 0 Å². The molecular weight excluding hydrogens is 172 g/mol. The standard InChI is InChI=1S/C9H12O2S/c1-7-5-8(6-12-7)3-2-4-9(10)11/h2-4,7H,5-6H2,1H3,(H,10,11)/b4-2+,8-3-. The fourth-order valence-corrected chi connectivity index (χ4v) is 2.16. The summed E-state index contributed by atoms with van der Waals surface area (Å²) >= 11 is 1.91. The summed E-state index contributed by atoms with van der Waals surface area (Å²) in [6.45, 7) is 2.19. The van der Waals surface area contributed by atoms with Crippen molar-refractivity contribution in [2.75, 3.05) is 5.75 Å². The van der Waals surface area contributed by atoms with Gasteiger partial charge < -0.3 is 5.11 Å². The lowest BCUT2D eigenvalue weighted by Gasteiger charge is -1.92. The second kappa shape index (κ2) is 4.36. The maximum Gasteiger partial charge on any atom is 0.328 e. The first-order valence-electron chi connectivity index (χ1n) is 3.89. The van der Waals surface area contributed by atoms with Gasteiger partial charge in [0.1, 0.15) is 0 Å². The van der Waals surface area contributed by atoms with Gasteiger partial charge in [-0.3, -0.25) is 0 Å². The second-order valence-electron chi connectivity index (χ2n) is 2.85. The van der Waals surface area contributed by atoms with Crippen molar-refractivity contribution in [2.24, 2.45) is 0 Å². The Labute approximate surface area is 76.4 Å². The summed E-state index contributed by atoms with van der Waals surface area (Å²) in [4.78, 5) is 10.1. The summed E-state index contributed by atoms with van der Waals surface area (Å²) in [5.41, 5.74) is 1.34. The highest BCUT2D eigenvalue weighted by Crippen LogP contribution is 2.29. The number of hydrogen-bond donors (Lipinski definition) is 1. The molecule has 1 unspecified atom stereocenters. The van der Waals surface area contributed by atoms with Gasteiger partial charge in [0.25, 0.3) is 0 Å². The molecular formula is C9H12O2S. The third kappa shape index (κ3) is 3.13. The Hall–Kier alpha value is -0.700. The number of carboxylic acid groups (broad SMARTS) is 1. The summed E-state index contributed by atoms with van der Waals surface area (Å²) in [5, 5.41) is 9.01. The molecule has 1 rings (SSSR count). The highest BCUT2D eigenvalue weighted by atomic mass is 32.2. The Morgan fingerprint density at radius 3 is 3.00 bits per heavy atom. The lowest BCUT2D eigenvalue weighted by molar-refractivity contribution is -0.131. The fraction of sp³-hybridized carbons (Fsp3) is 0.444. The minimum absolute atomic E-state index is 0.689. The number of carbonyl (C=O) groups is 1. The van der Waals surface area contributed by atoms with Gasteiger partial charge in [-0.05, 0) is 6.42 Å². The van der Waals surface area contributed by atoms with Crippen LogP contribution in [0.1, 0.15) is 13.3 Å². The van der Waals surface area contributed by atoms with Crippen LogP contribution in [-0.4, -0.2) is 22.1 Å². The van der Waals surface area contributed by atoms with Crippen LogP contribution >= 0.6 is 11.8 Å². The molecule has 0 aromatic heterocycles. The van der Waals surface area contributed by atoms with Crippen molar-refractivity contribution >= 4 is 17.7 Å². The van der Waals surface area contributed by atoms with Gasteiger partial charge in [-0.15, -0.1) is 0 Å². The molecule has 1 fully saturated rings. The zero-order chi connectivity index (χ0) is 8.97. The van der Waals surface area contributed by atoms with Crippen molar-refractivity contribution in [1.29, 1.82) is 0 Å². The maximum atomic E-state index is 10.1. The van der Waals surface area contributed by atoms with E-state index < -0.39 is 5.97 Å². The Bertz CT molecular complexity index is 231. The van der Waals surface area contributed by atoms with Crippen LogP contribution in [0.25, 0.3) is 0 Å². The van der Waals surface area contributed by atoms with E-state index in [-0.39, 0.29) is 0 Å². The molecule has 1 N–H and O–H groups in total. The lowest BCUT2D eigenvalue weighted by Crippen LogP contribution is -1.86. The molecule has 0 aliphatic carbocycles. The summed E-state index contributed by atoms with van der Waals surface area (Å²) < 4.78 is 0. The Morgan fingerprint density at radius 2 is 2.50 bits per heavy atom. The third-order valence-electron chi connectivity index (χ3n) is 1.67. The third-order valence-corrected chi connectivity index (χ3v) is 2.95. The Morgan fingerprint density at radius 1 is 1.75 bits per heavy atom. The van der Waals surface area contributed by atoms with Crippen molar-refractivity contribution in [3.63, 3.8) is 0 Å². The van der Waals surface area contributed by atoms with Gasteiger partial charge >= 0.3 is 5.97 Å². The molecule has 2 nitrogen and oxygen atoms in total. The van der Waals surface area contributed by atoms with E-state index in [9.17, 15) is 4.79 Å². The molecule has 1 saturated heterocycles. The number of carboxylic acids is 1. The Balaban J connectivity index is 2.42. The molecule has 0 bridgehead atoms. The van der Waals surface area contributed by atoms with Gasteiger partial charge in [0, 0.05) is 17.1 Å². The zero-order valence-corrected chi connectivity index (χ0v) is 7.80. The quantitative estimate of drug-likeness (QED) is 0.668. The molecule has 0 spiro atoms. The van der Waals surface area contributed by atoms with Crippen LogP contribution in [0.2, 0.25) is 0 Å². The Kier molecular flexibility index (Phi) is 3.41. The average molecular weight is 184 g/mol. The lowest BCUT2D eigenvalue weighted by atomic mass is 10.1. The molecule has 1 atom stereocenters. The van der Waals surface area contributed by atoms with E-state index in [1.807, 2.05) is 17.8 Å². The number of thioether (sulfide) groups is 1. The van der Waals surface area contributed by atoms with Crippen molar-refractivity contribution in [3.05, 3.63) is 23.8 Å². The minimum atomic E-state index is -0.884. The van der Waals surface area contributed by atoms with Gasteiger partial charge in [-0.25, -0.2) is 4.79 Å². The van der Waals surface area contributed by atoms with E-state index in [4.69, 9.17) is 5.11 Å². The average Bonchev–Trinajstić information content (AvgIpc) is 2.35.